The van der Waals surface area contributed by atoms with Gasteiger partial charge in [-0.2, -0.15) is 18.3 Å². The molecule has 0 aliphatic heterocycles. The Hall–Kier alpha value is -2.44. The second kappa shape index (κ2) is 4.28. The number of rotatable bonds is 1. The molecule has 110 valence electrons. The lowest BCUT2D eigenvalue weighted by Crippen LogP contribution is -2.05. The summed E-state index contributed by atoms with van der Waals surface area (Å²) >= 11 is 0. The number of H-pyrrole nitrogens is 1. The SMILES string of the molecule is Cc1c(-c2[nH]ncc2N)c2c(C(F)(F)F)cccc2n1C. The summed E-state index contributed by atoms with van der Waals surface area (Å²) < 4.78 is 41.7. The van der Waals surface area contributed by atoms with E-state index in [1.54, 1.807) is 24.6 Å². The second-order valence-corrected chi connectivity index (χ2v) is 4.92. The van der Waals surface area contributed by atoms with Crippen molar-refractivity contribution in [3.05, 3.63) is 35.7 Å². The Labute approximate surface area is 118 Å². The van der Waals surface area contributed by atoms with Gasteiger partial charge in [0.1, 0.15) is 0 Å². The lowest BCUT2D eigenvalue weighted by Gasteiger charge is -2.10. The van der Waals surface area contributed by atoms with Crippen molar-refractivity contribution in [2.45, 2.75) is 13.1 Å². The second-order valence-electron chi connectivity index (χ2n) is 4.92. The van der Waals surface area contributed by atoms with Gasteiger partial charge in [-0.05, 0) is 19.1 Å². The number of aryl methyl sites for hydroxylation is 1. The van der Waals surface area contributed by atoms with Crippen molar-refractivity contribution in [2.24, 2.45) is 7.05 Å². The fourth-order valence-corrected chi connectivity index (χ4v) is 2.65. The highest BCUT2D eigenvalue weighted by Crippen LogP contribution is 2.42. The number of hydrogen-bond acceptors (Lipinski definition) is 2. The smallest absolute Gasteiger partial charge is 0.396 e. The summed E-state index contributed by atoms with van der Waals surface area (Å²) in [7, 11) is 1.73. The largest absolute Gasteiger partial charge is 0.417 e. The maximum atomic E-state index is 13.3. The van der Waals surface area contributed by atoms with E-state index in [0.717, 1.165) is 6.07 Å². The number of benzene rings is 1. The number of hydrogen-bond donors (Lipinski definition) is 2. The van der Waals surface area contributed by atoms with Crippen LogP contribution in [0.15, 0.2) is 24.4 Å². The van der Waals surface area contributed by atoms with Gasteiger partial charge in [0.25, 0.3) is 0 Å². The Balaban J connectivity index is 2.50. The van der Waals surface area contributed by atoms with Crippen LogP contribution >= 0.6 is 0 Å². The standard InChI is InChI=1S/C14H13F3N4/c1-7-11(13-9(18)6-19-20-13)12-8(14(15,16)17)4-3-5-10(12)21(7)2/h3-6H,18H2,1-2H3,(H,19,20). The van der Waals surface area contributed by atoms with Crippen LogP contribution in [0.25, 0.3) is 22.2 Å². The van der Waals surface area contributed by atoms with Crippen molar-refractivity contribution >= 4 is 16.6 Å². The fourth-order valence-electron chi connectivity index (χ4n) is 2.65. The molecule has 2 heterocycles. The summed E-state index contributed by atoms with van der Waals surface area (Å²) in [5, 5.41) is 6.64. The van der Waals surface area contributed by atoms with E-state index in [0.29, 0.717) is 28.2 Å². The van der Waals surface area contributed by atoms with Crippen molar-refractivity contribution in [2.75, 3.05) is 5.73 Å². The predicted molar refractivity (Wildman–Crippen MR) is 74.7 cm³/mol. The van der Waals surface area contributed by atoms with Gasteiger partial charge in [-0.3, -0.25) is 5.10 Å². The minimum atomic E-state index is -4.43. The van der Waals surface area contributed by atoms with Crippen molar-refractivity contribution in [1.82, 2.24) is 14.8 Å². The van der Waals surface area contributed by atoms with E-state index in [2.05, 4.69) is 10.2 Å². The van der Waals surface area contributed by atoms with Gasteiger partial charge in [0, 0.05) is 29.2 Å². The number of nitrogens with zero attached hydrogens (tertiary/aromatic N) is 2. The van der Waals surface area contributed by atoms with E-state index in [1.807, 2.05) is 0 Å². The first-order chi connectivity index (χ1) is 9.82. The number of halogens is 3. The normalized spacial score (nSPS) is 12.2. The molecule has 0 spiro atoms. The van der Waals surface area contributed by atoms with E-state index in [1.165, 1.54) is 12.3 Å². The first kappa shape index (κ1) is 13.5. The molecule has 0 amide bonds. The summed E-state index contributed by atoms with van der Waals surface area (Å²) in [6.07, 6.45) is -3.04. The Morgan fingerprint density at radius 1 is 1.29 bits per heavy atom. The molecule has 0 saturated heterocycles. The van der Waals surface area contributed by atoms with Crippen LogP contribution in [0.3, 0.4) is 0 Å². The quantitative estimate of drug-likeness (QED) is 0.722. The highest BCUT2D eigenvalue weighted by atomic mass is 19.4. The molecule has 3 N–H and O–H groups in total. The maximum Gasteiger partial charge on any atom is 0.417 e. The molecule has 0 unspecified atom stereocenters. The molecule has 0 fully saturated rings. The molecule has 7 heteroatoms. The Bertz CT molecular complexity index is 827. The monoisotopic (exact) mass is 294 g/mol. The van der Waals surface area contributed by atoms with Crippen LogP contribution < -0.4 is 5.73 Å². The van der Waals surface area contributed by atoms with Crippen LogP contribution in [0.2, 0.25) is 0 Å². The molecule has 21 heavy (non-hydrogen) atoms. The van der Waals surface area contributed by atoms with Gasteiger partial charge in [-0.15, -0.1) is 0 Å². The predicted octanol–water partition coefficient (Wildman–Crippen LogP) is 3.48. The van der Waals surface area contributed by atoms with Crippen molar-refractivity contribution in [3.63, 3.8) is 0 Å². The van der Waals surface area contributed by atoms with E-state index in [4.69, 9.17) is 5.73 Å². The van der Waals surface area contributed by atoms with Crippen LogP contribution in [0.5, 0.6) is 0 Å². The zero-order valence-corrected chi connectivity index (χ0v) is 11.4. The summed E-state index contributed by atoms with van der Waals surface area (Å²) in [6.45, 7) is 1.76. The minimum absolute atomic E-state index is 0.140. The molecular formula is C14H13F3N4. The molecule has 2 aromatic heterocycles. The number of nitrogens with two attached hydrogens (primary N) is 1. The van der Waals surface area contributed by atoms with Crippen molar-refractivity contribution in [3.8, 4) is 11.3 Å². The molecule has 0 radical (unpaired) electrons. The molecule has 3 aromatic rings. The first-order valence-electron chi connectivity index (χ1n) is 6.26. The van der Waals surface area contributed by atoms with Gasteiger partial charge < -0.3 is 10.3 Å². The number of nitrogens with one attached hydrogen (secondary N) is 1. The summed E-state index contributed by atoms with van der Waals surface area (Å²) in [4.78, 5) is 0. The number of anilines is 1. The van der Waals surface area contributed by atoms with Gasteiger partial charge in [0.15, 0.2) is 0 Å². The van der Waals surface area contributed by atoms with E-state index >= 15 is 0 Å². The number of alkyl halides is 3. The molecule has 0 bridgehead atoms. The molecule has 1 aromatic carbocycles. The molecular weight excluding hydrogens is 281 g/mol. The number of fused-ring (bicyclic) bond motifs is 1. The third kappa shape index (κ3) is 1.88. The number of aromatic nitrogens is 3. The molecule has 0 saturated carbocycles. The Kier molecular flexibility index (Phi) is 2.76. The van der Waals surface area contributed by atoms with E-state index < -0.39 is 11.7 Å². The third-order valence-corrected chi connectivity index (χ3v) is 3.74. The van der Waals surface area contributed by atoms with Crippen molar-refractivity contribution < 1.29 is 13.2 Å². The Morgan fingerprint density at radius 3 is 2.57 bits per heavy atom. The molecule has 4 nitrogen and oxygen atoms in total. The van der Waals surface area contributed by atoms with Crippen molar-refractivity contribution in [1.29, 1.82) is 0 Å². The minimum Gasteiger partial charge on any atom is -0.396 e. The zero-order valence-electron chi connectivity index (χ0n) is 11.4. The average Bonchev–Trinajstić information content (AvgIpc) is 2.92. The van der Waals surface area contributed by atoms with Gasteiger partial charge in [0.2, 0.25) is 0 Å². The molecule has 0 aliphatic rings. The molecule has 3 rings (SSSR count). The number of nitrogen functional groups attached to an aromatic ring is 1. The van der Waals surface area contributed by atoms with Crippen LogP contribution in [0.4, 0.5) is 18.9 Å². The van der Waals surface area contributed by atoms with Gasteiger partial charge >= 0.3 is 6.18 Å². The molecule has 0 aliphatic carbocycles. The lowest BCUT2D eigenvalue weighted by atomic mass is 10.0. The zero-order chi connectivity index (χ0) is 15.4. The summed E-state index contributed by atoms with van der Waals surface area (Å²) in [5.41, 5.74) is 7.52. The third-order valence-electron chi connectivity index (χ3n) is 3.74. The Morgan fingerprint density at radius 2 is 2.00 bits per heavy atom. The average molecular weight is 294 g/mol. The van der Waals surface area contributed by atoms with E-state index in [9.17, 15) is 13.2 Å². The molecule has 0 atom stereocenters. The number of aromatic amines is 1. The topological polar surface area (TPSA) is 59.6 Å². The van der Waals surface area contributed by atoms with Gasteiger partial charge in [-0.1, -0.05) is 6.07 Å². The summed E-state index contributed by atoms with van der Waals surface area (Å²) in [6, 6.07) is 4.15. The summed E-state index contributed by atoms with van der Waals surface area (Å²) in [5.74, 6) is 0. The van der Waals surface area contributed by atoms with Crippen LogP contribution in [0, 0.1) is 6.92 Å². The first-order valence-corrected chi connectivity index (χ1v) is 6.26. The van der Waals surface area contributed by atoms with Gasteiger partial charge in [-0.25, -0.2) is 0 Å². The van der Waals surface area contributed by atoms with Gasteiger partial charge in [0.05, 0.1) is 23.1 Å². The highest BCUT2D eigenvalue weighted by Gasteiger charge is 2.35. The highest BCUT2D eigenvalue weighted by molar-refractivity contribution is 6.01. The van der Waals surface area contributed by atoms with Crippen LogP contribution in [-0.2, 0) is 13.2 Å². The van der Waals surface area contributed by atoms with Crippen LogP contribution in [-0.4, -0.2) is 14.8 Å². The fraction of sp³-hybridized carbons (Fsp3) is 0.214. The van der Waals surface area contributed by atoms with Crippen LogP contribution in [0.1, 0.15) is 11.3 Å². The lowest BCUT2D eigenvalue weighted by molar-refractivity contribution is -0.136. The maximum absolute atomic E-state index is 13.3. The van der Waals surface area contributed by atoms with E-state index in [-0.39, 0.29) is 5.39 Å².